The molecule has 0 aliphatic heterocycles. The minimum Gasteiger partial charge on any atom is -0.395 e. The molecule has 0 bridgehead atoms. The molecule has 1 heterocycles. The van der Waals surface area contributed by atoms with Crippen LogP contribution in [0.4, 0.5) is 10.1 Å². The SMILES string of the molecule is Nc1cnn(-c2ccc(F)cc2)c1Br. The fourth-order valence-electron chi connectivity index (χ4n) is 1.11. The van der Waals surface area contributed by atoms with Crippen molar-refractivity contribution in [1.82, 2.24) is 9.78 Å². The highest BCUT2D eigenvalue weighted by Gasteiger charge is 2.06. The van der Waals surface area contributed by atoms with Crippen LogP contribution in [0.25, 0.3) is 5.69 Å². The molecule has 72 valence electrons. The summed E-state index contributed by atoms with van der Waals surface area (Å²) in [7, 11) is 0. The lowest BCUT2D eigenvalue weighted by molar-refractivity contribution is 0.627. The highest BCUT2D eigenvalue weighted by atomic mass is 79.9. The molecule has 2 aromatic rings. The Morgan fingerprint density at radius 1 is 1.29 bits per heavy atom. The summed E-state index contributed by atoms with van der Waals surface area (Å²) in [6, 6.07) is 6.01. The van der Waals surface area contributed by atoms with Crippen LogP contribution in [0, 0.1) is 5.82 Å². The largest absolute Gasteiger partial charge is 0.395 e. The Morgan fingerprint density at radius 3 is 2.43 bits per heavy atom. The molecule has 2 N–H and O–H groups in total. The van der Waals surface area contributed by atoms with Gasteiger partial charge in [0.1, 0.15) is 10.4 Å². The number of benzene rings is 1. The summed E-state index contributed by atoms with van der Waals surface area (Å²) in [5.41, 5.74) is 6.91. The van der Waals surface area contributed by atoms with Crippen LogP contribution in [0.5, 0.6) is 0 Å². The van der Waals surface area contributed by atoms with Gasteiger partial charge in [-0.1, -0.05) is 0 Å². The minimum absolute atomic E-state index is 0.273. The van der Waals surface area contributed by atoms with Crippen molar-refractivity contribution in [2.24, 2.45) is 0 Å². The molecular formula is C9H7BrFN3. The van der Waals surface area contributed by atoms with Gasteiger partial charge in [0.15, 0.2) is 0 Å². The second-order valence-corrected chi connectivity index (χ2v) is 3.53. The lowest BCUT2D eigenvalue weighted by Crippen LogP contribution is -1.96. The Balaban J connectivity index is 2.49. The summed E-state index contributed by atoms with van der Waals surface area (Å²) in [4.78, 5) is 0. The molecule has 1 aromatic carbocycles. The predicted octanol–water partition coefficient (Wildman–Crippen LogP) is 2.36. The third-order valence-corrected chi connectivity index (χ3v) is 2.60. The van der Waals surface area contributed by atoms with Crippen molar-refractivity contribution in [1.29, 1.82) is 0 Å². The lowest BCUT2D eigenvalue weighted by Gasteiger charge is -2.02. The van der Waals surface area contributed by atoms with E-state index in [2.05, 4.69) is 21.0 Å². The average molecular weight is 256 g/mol. The quantitative estimate of drug-likeness (QED) is 0.851. The van der Waals surface area contributed by atoms with Crippen molar-refractivity contribution in [3.63, 3.8) is 0 Å². The number of halogens is 2. The molecule has 0 amide bonds. The molecule has 3 nitrogen and oxygen atoms in total. The zero-order chi connectivity index (χ0) is 10.1. The number of aromatic nitrogens is 2. The molecule has 1 aromatic heterocycles. The molecule has 0 radical (unpaired) electrons. The molecule has 0 aliphatic carbocycles. The van der Waals surface area contributed by atoms with Gasteiger partial charge in [0, 0.05) is 0 Å². The molecule has 2 rings (SSSR count). The van der Waals surface area contributed by atoms with E-state index in [0.29, 0.717) is 10.3 Å². The van der Waals surface area contributed by atoms with Crippen molar-refractivity contribution in [3.05, 3.63) is 40.9 Å². The summed E-state index contributed by atoms with van der Waals surface area (Å²) in [5, 5.41) is 4.04. The van der Waals surface area contributed by atoms with Gasteiger partial charge in [-0.05, 0) is 40.2 Å². The molecule has 0 unspecified atom stereocenters. The van der Waals surface area contributed by atoms with Crippen molar-refractivity contribution < 1.29 is 4.39 Å². The van der Waals surface area contributed by atoms with Gasteiger partial charge in [-0.3, -0.25) is 0 Å². The maximum absolute atomic E-state index is 12.6. The maximum atomic E-state index is 12.6. The Hall–Kier alpha value is -1.36. The van der Waals surface area contributed by atoms with Gasteiger partial charge in [0.2, 0.25) is 0 Å². The third kappa shape index (κ3) is 1.50. The Bertz CT molecular complexity index is 450. The zero-order valence-electron chi connectivity index (χ0n) is 7.11. The van der Waals surface area contributed by atoms with E-state index in [1.165, 1.54) is 18.3 Å². The second kappa shape index (κ2) is 3.42. The molecule has 0 saturated heterocycles. The van der Waals surface area contributed by atoms with Gasteiger partial charge < -0.3 is 5.73 Å². The normalized spacial score (nSPS) is 10.4. The van der Waals surface area contributed by atoms with Crippen molar-refractivity contribution >= 4 is 21.6 Å². The van der Waals surface area contributed by atoms with E-state index in [1.54, 1.807) is 16.8 Å². The predicted molar refractivity (Wildman–Crippen MR) is 55.6 cm³/mol. The number of rotatable bonds is 1. The average Bonchev–Trinajstić information content (AvgIpc) is 2.50. The van der Waals surface area contributed by atoms with Crippen LogP contribution in [0.1, 0.15) is 0 Å². The van der Waals surface area contributed by atoms with Gasteiger partial charge in [-0.15, -0.1) is 0 Å². The minimum atomic E-state index is -0.273. The smallest absolute Gasteiger partial charge is 0.132 e. The van der Waals surface area contributed by atoms with E-state index in [1.807, 2.05) is 0 Å². The number of nitrogens with zero attached hydrogens (tertiary/aromatic N) is 2. The summed E-state index contributed by atoms with van der Waals surface area (Å²) >= 11 is 3.29. The lowest BCUT2D eigenvalue weighted by atomic mass is 10.3. The monoisotopic (exact) mass is 255 g/mol. The summed E-state index contributed by atoms with van der Waals surface area (Å²) in [6.45, 7) is 0. The second-order valence-electron chi connectivity index (χ2n) is 2.78. The highest BCUT2D eigenvalue weighted by Crippen LogP contribution is 2.22. The van der Waals surface area contributed by atoms with Crippen LogP contribution in [0.2, 0.25) is 0 Å². The van der Waals surface area contributed by atoms with Crippen molar-refractivity contribution in [2.45, 2.75) is 0 Å². The molecule has 0 atom stereocenters. The van der Waals surface area contributed by atoms with E-state index in [-0.39, 0.29) is 5.82 Å². The first kappa shape index (κ1) is 9.21. The van der Waals surface area contributed by atoms with Crippen LogP contribution in [0.15, 0.2) is 35.1 Å². The first-order chi connectivity index (χ1) is 6.68. The molecule has 0 aliphatic rings. The molecule has 0 fully saturated rings. The van der Waals surface area contributed by atoms with Crippen LogP contribution in [-0.2, 0) is 0 Å². The van der Waals surface area contributed by atoms with Gasteiger partial charge >= 0.3 is 0 Å². The van der Waals surface area contributed by atoms with Crippen LogP contribution < -0.4 is 5.73 Å². The molecule has 0 saturated carbocycles. The van der Waals surface area contributed by atoms with E-state index in [4.69, 9.17) is 5.73 Å². The van der Waals surface area contributed by atoms with Crippen LogP contribution >= 0.6 is 15.9 Å². The van der Waals surface area contributed by atoms with E-state index < -0.39 is 0 Å². The van der Waals surface area contributed by atoms with E-state index in [9.17, 15) is 4.39 Å². The van der Waals surface area contributed by atoms with E-state index in [0.717, 1.165) is 5.69 Å². The summed E-state index contributed by atoms with van der Waals surface area (Å²) in [5.74, 6) is -0.273. The van der Waals surface area contributed by atoms with Crippen molar-refractivity contribution in [3.8, 4) is 5.69 Å². The first-order valence-corrected chi connectivity index (χ1v) is 4.73. The Labute approximate surface area is 88.5 Å². The standard InChI is InChI=1S/C9H7BrFN3/c10-9-8(12)5-13-14(9)7-3-1-6(11)2-4-7/h1-5H,12H2. The van der Waals surface area contributed by atoms with Gasteiger partial charge in [0.05, 0.1) is 17.6 Å². The topological polar surface area (TPSA) is 43.8 Å². The fourth-order valence-corrected chi connectivity index (χ4v) is 1.51. The number of hydrogen-bond acceptors (Lipinski definition) is 2. The van der Waals surface area contributed by atoms with Crippen LogP contribution in [-0.4, -0.2) is 9.78 Å². The molecule has 0 spiro atoms. The maximum Gasteiger partial charge on any atom is 0.132 e. The highest BCUT2D eigenvalue weighted by molar-refractivity contribution is 9.10. The summed E-state index contributed by atoms with van der Waals surface area (Å²) in [6.07, 6.45) is 1.54. The number of nitrogens with two attached hydrogens (primary N) is 1. The molecular weight excluding hydrogens is 249 g/mol. The Morgan fingerprint density at radius 2 is 1.93 bits per heavy atom. The fraction of sp³-hybridized carbons (Fsp3) is 0. The first-order valence-electron chi connectivity index (χ1n) is 3.93. The Kier molecular flexibility index (Phi) is 2.25. The number of hydrogen-bond donors (Lipinski definition) is 1. The summed E-state index contributed by atoms with van der Waals surface area (Å²) < 4.78 is 14.9. The van der Waals surface area contributed by atoms with Crippen LogP contribution in [0.3, 0.4) is 0 Å². The third-order valence-electron chi connectivity index (χ3n) is 1.81. The molecule has 5 heteroatoms. The number of nitrogen functional groups attached to an aromatic ring is 1. The van der Waals surface area contributed by atoms with Crippen molar-refractivity contribution in [2.75, 3.05) is 5.73 Å². The van der Waals surface area contributed by atoms with Gasteiger partial charge in [-0.25, -0.2) is 9.07 Å². The molecule has 14 heavy (non-hydrogen) atoms. The van der Waals surface area contributed by atoms with E-state index >= 15 is 0 Å². The zero-order valence-corrected chi connectivity index (χ0v) is 8.70. The van der Waals surface area contributed by atoms with Gasteiger partial charge in [0.25, 0.3) is 0 Å². The van der Waals surface area contributed by atoms with Gasteiger partial charge in [-0.2, -0.15) is 5.10 Å². The number of anilines is 1.